The first-order valence-corrected chi connectivity index (χ1v) is 9.63. The maximum absolute atomic E-state index is 14.1. The second-order valence-corrected chi connectivity index (χ2v) is 8.60. The van der Waals surface area contributed by atoms with Crippen LogP contribution < -0.4 is 4.74 Å². The smallest absolute Gasteiger partial charge is 0.281 e. The molecule has 27 heavy (non-hydrogen) atoms. The van der Waals surface area contributed by atoms with Gasteiger partial charge in [0.1, 0.15) is 23.4 Å². The van der Waals surface area contributed by atoms with Crippen LogP contribution in [0.4, 0.5) is 13.2 Å². The standard InChI is InChI=1S/C18H12F3NO4S/c19-11-3-9(8-22)4-12(6-11)26-14-5-10-1-2-27(24,25)16(10)15-13(14)7-18(20,21)17(15)23/h3-6,17,23H,1-2,7H2. The number of aryl methyl sites for hydroxylation is 1. The van der Waals surface area contributed by atoms with Crippen molar-refractivity contribution in [1.29, 1.82) is 5.26 Å². The molecule has 1 heterocycles. The first-order chi connectivity index (χ1) is 12.6. The quantitative estimate of drug-likeness (QED) is 0.845. The lowest BCUT2D eigenvalue weighted by atomic mass is 10.0. The molecule has 2 aromatic rings. The predicted molar refractivity (Wildman–Crippen MR) is 87.0 cm³/mol. The van der Waals surface area contributed by atoms with Crippen molar-refractivity contribution in [3.05, 3.63) is 52.3 Å². The Morgan fingerprint density at radius 3 is 2.70 bits per heavy atom. The number of hydrogen-bond donors (Lipinski definition) is 1. The number of nitrogens with zero attached hydrogens (tertiary/aromatic N) is 1. The Hall–Kier alpha value is -2.57. The highest BCUT2D eigenvalue weighted by molar-refractivity contribution is 7.91. The van der Waals surface area contributed by atoms with Gasteiger partial charge in [-0.25, -0.2) is 21.6 Å². The summed E-state index contributed by atoms with van der Waals surface area (Å²) < 4.78 is 72.0. The van der Waals surface area contributed by atoms with E-state index >= 15 is 0 Å². The Morgan fingerprint density at radius 2 is 2.00 bits per heavy atom. The van der Waals surface area contributed by atoms with E-state index in [0.29, 0.717) is 0 Å². The zero-order valence-corrected chi connectivity index (χ0v) is 14.5. The molecule has 0 spiro atoms. The van der Waals surface area contributed by atoms with E-state index in [0.717, 1.165) is 12.1 Å². The van der Waals surface area contributed by atoms with Gasteiger partial charge in [-0.3, -0.25) is 0 Å². The molecule has 2 aromatic carbocycles. The molecule has 0 amide bonds. The molecule has 5 nitrogen and oxygen atoms in total. The summed E-state index contributed by atoms with van der Waals surface area (Å²) in [6, 6.07) is 6.31. The Balaban J connectivity index is 1.90. The zero-order chi connectivity index (χ0) is 19.6. The number of fused-ring (bicyclic) bond motifs is 3. The minimum Gasteiger partial charge on any atom is -0.457 e. The Morgan fingerprint density at radius 1 is 1.26 bits per heavy atom. The van der Waals surface area contributed by atoms with Crippen LogP contribution in [-0.4, -0.2) is 25.2 Å². The first-order valence-electron chi connectivity index (χ1n) is 7.98. The summed E-state index contributed by atoms with van der Waals surface area (Å²) in [4.78, 5) is -0.258. The zero-order valence-electron chi connectivity index (χ0n) is 13.7. The summed E-state index contributed by atoms with van der Waals surface area (Å²) in [7, 11) is -3.77. The molecule has 1 aliphatic carbocycles. The fourth-order valence-corrected chi connectivity index (χ4v) is 5.40. The van der Waals surface area contributed by atoms with E-state index < -0.39 is 34.1 Å². The summed E-state index contributed by atoms with van der Waals surface area (Å²) >= 11 is 0. The summed E-state index contributed by atoms with van der Waals surface area (Å²) in [6.07, 6.45) is -3.06. The molecular formula is C18H12F3NO4S. The number of sulfone groups is 1. The van der Waals surface area contributed by atoms with Crippen LogP contribution in [0.15, 0.2) is 29.2 Å². The molecule has 1 aliphatic heterocycles. The van der Waals surface area contributed by atoms with Crippen molar-refractivity contribution in [1.82, 2.24) is 0 Å². The Labute approximate surface area is 152 Å². The Kier molecular flexibility index (Phi) is 3.77. The molecule has 0 fully saturated rings. The van der Waals surface area contributed by atoms with Crippen molar-refractivity contribution in [3.63, 3.8) is 0 Å². The van der Waals surface area contributed by atoms with Crippen molar-refractivity contribution >= 4 is 9.84 Å². The maximum Gasteiger partial charge on any atom is 0.281 e. The van der Waals surface area contributed by atoms with Crippen LogP contribution in [0.3, 0.4) is 0 Å². The predicted octanol–water partition coefficient (Wildman–Crippen LogP) is 3.04. The second-order valence-electron chi connectivity index (χ2n) is 6.55. The number of aliphatic hydroxyl groups is 1. The van der Waals surface area contributed by atoms with Crippen molar-refractivity contribution < 1.29 is 31.4 Å². The third-order valence-corrected chi connectivity index (χ3v) is 6.58. The summed E-state index contributed by atoms with van der Waals surface area (Å²) in [6.45, 7) is 0. The van der Waals surface area contributed by atoms with Crippen LogP contribution in [0.25, 0.3) is 0 Å². The van der Waals surface area contributed by atoms with Crippen molar-refractivity contribution in [2.75, 3.05) is 5.75 Å². The van der Waals surface area contributed by atoms with Crippen molar-refractivity contribution in [2.45, 2.75) is 29.8 Å². The Bertz CT molecular complexity index is 1120. The van der Waals surface area contributed by atoms with Crippen molar-refractivity contribution in [2.24, 2.45) is 0 Å². The molecule has 140 valence electrons. The molecule has 0 bridgehead atoms. The van der Waals surface area contributed by atoms with Crippen LogP contribution in [0.2, 0.25) is 0 Å². The molecule has 0 saturated carbocycles. The molecule has 0 saturated heterocycles. The second kappa shape index (κ2) is 5.71. The first kappa shape index (κ1) is 17.8. The van der Waals surface area contributed by atoms with Crippen LogP contribution >= 0.6 is 0 Å². The highest BCUT2D eigenvalue weighted by Gasteiger charge is 2.52. The number of nitriles is 1. The van der Waals surface area contributed by atoms with Gasteiger partial charge in [0.05, 0.1) is 22.3 Å². The normalized spacial score (nSPS) is 21.4. The molecule has 1 atom stereocenters. The van der Waals surface area contributed by atoms with Crippen LogP contribution in [0, 0.1) is 17.1 Å². The van der Waals surface area contributed by atoms with Gasteiger partial charge < -0.3 is 9.84 Å². The number of hydrogen-bond acceptors (Lipinski definition) is 5. The molecule has 4 rings (SSSR count). The molecule has 2 aliphatic rings. The highest BCUT2D eigenvalue weighted by Crippen LogP contribution is 2.52. The number of benzene rings is 2. The molecule has 1 N–H and O–H groups in total. The van der Waals surface area contributed by atoms with E-state index in [-0.39, 0.29) is 50.8 Å². The largest absolute Gasteiger partial charge is 0.457 e. The van der Waals surface area contributed by atoms with E-state index in [1.165, 1.54) is 12.1 Å². The monoisotopic (exact) mass is 395 g/mol. The van der Waals surface area contributed by atoms with E-state index in [9.17, 15) is 26.7 Å². The van der Waals surface area contributed by atoms with E-state index in [4.69, 9.17) is 10.00 Å². The fourth-order valence-electron chi connectivity index (χ4n) is 3.57. The van der Waals surface area contributed by atoms with Crippen LogP contribution in [0.1, 0.15) is 28.4 Å². The average Bonchev–Trinajstić information content (AvgIpc) is 3.01. The molecule has 0 aromatic heterocycles. The highest BCUT2D eigenvalue weighted by atomic mass is 32.2. The van der Waals surface area contributed by atoms with E-state index in [1.54, 1.807) is 6.07 Å². The van der Waals surface area contributed by atoms with Gasteiger partial charge in [-0.05, 0) is 30.2 Å². The SMILES string of the molecule is N#Cc1cc(F)cc(Oc2cc3c(c4c2CC(F)(F)C4O)S(=O)(=O)CC3)c1. The third-order valence-electron chi connectivity index (χ3n) is 4.73. The van der Waals surface area contributed by atoms with Gasteiger partial charge >= 0.3 is 0 Å². The molecule has 0 radical (unpaired) electrons. The van der Waals surface area contributed by atoms with Gasteiger partial charge in [0.2, 0.25) is 0 Å². The minimum atomic E-state index is -3.77. The lowest BCUT2D eigenvalue weighted by Crippen LogP contribution is -2.22. The van der Waals surface area contributed by atoms with E-state index in [1.807, 2.05) is 0 Å². The lowest BCUT2D eigenvalue weighted by molar-refractivity contribution is -0.0976. The third kappa shape index (κ3) is 2.76. The summed E-state index contributed by atoms with van der Waals surface area (Å²) in [5.41, 5.74) is -0.213. The van der Waals surface area contributed by atoms with Gasteiger partial charge in [0.25, 0.3) is 5.92 Å². The van der Waals surface area contributed by atoms with Gasteiger partial charge in [0, 0.05) is 23.6 Å². The molecular weight excluding hydrogens is 383 g/mol. The van der Waals surface area contributed by atoms with Gasteiger partial charge in [-0.15, -0.1) is 0 Å². The number of aliphatic hydroxyl groups excluding tert-OH is 1. The number of ether oxygens (including phenoxy) is 1. The average molecular weight is 395 g/mol. The minimum absolute atomic E-state index is 0.0178. The summed E-state index contributed by atoms with van der Waals surface area (Å²) in [5, 5.41) is 19.0. The topological polar surface area (TPSA) is 87.4 Å². The van der Waals surface area contributed by atoms with Crippen LogP contribution in [-0.2, 0) is 22.7 Å². The number of rotatable bonds is 2. The maximum atomic E-state index is 14.1. The fraction of sp³-hybridized carbons (Fsp3) is 0.278. The molecule has 9 heteroatoms. The van der Waals surface area contributed by atoms with Crippen LogP contribution in [0.5, 0.6) is 11.5 Å². The number of halogens is 3. The summed E-state index contributed by atoms with van der Waals surface area (Å²) in [5.74, 6) is -4.69. The van der Waals surface area contributed by atoms with Crippen molar-refractivity contribution in [3.8, 4) is 17.6 Å². The van der Waals surface area contributed by atoms with Gasteiger partial charge in [-0.2, -0.15) is 5.26 Å². The van der Waals surface area contributed by atoms with Gasteiger partial charge in [-0.1, -0.05) is 0 Å². The van der Waals surface area contributed by atoms with E-state index in [2.05, 4.69) is 0 Å². The molecule has 1 unspecified atom stereocenters. The van der Waals surface area contributed by atoms with Gasteiger partial charge in [0.15, 0.2) is 9.84 Å². The number of alkyl halides is 2. The lowest BCUT2D eigenvalue weighted by Gasteiger charge is -2.16.